The minimum Gasteiger partial charge on any atom is -0.508 e. The van der Waals surface area contributed by atoms with Crippen LogP contribution in [0.4, 0.5) is 4.79 Å². The number of benzene rings is 1. The number of aliphatic hydroxyl groups is 3. The van der Waals surface area contributed by atoms with Crippen molar-refractivity contribution in [2.45, 2.75) is 31.0 Å². The number of morpholine rings is 1. The number of rotatable bonds is 4. The smallest absolute Gasteiger partial charge is 0.317 e. The zero-order chi connectivity index (χ0) is 29.1. The zero-order valence-electron chi connectivity index (χ0n) is 22.1. The van der Waals surface area contributed by atoms with Crippen molar-refractivity contribution in [2.24, 2.45) is 17.6 Å². The van der Waals surface area contributed by atoms with Crippen molar-refractivity contribution in [3.05, 3.63) is 45.7 Å². The standard InChI is InChI=1S/C27H32N4O9/c1-30(2)20-15-10-13-9-14-12(11-29-26(38)31-5-7-40-8-6-31)3-4-16(32)18(14)21(33)17(13)23(35)27(15,39)24(36)19(22(20)34)25(28)37/h3-4,13,15,20,32-33,36,39H,5-11H2,1-2H3,(H2,28,37)(H,29,38)/t13-,15-,20+,27-/m0/s1. The average Bonchev–Trinajstić information content (AvgIpc) is 2.90. The molecule has 0 radical (unpaired) electrons. The number of nitrogens with two attached hydrogens (primary N) is 1. The van der Waals surface area contributed by atoms with Gasteiger partial charge in [0.15, 0.2) is 11.4 Å². The van der Waals surface area contributed by atoms with Crippen molar-refractivity contribution < 1.29 is 44.3 Å². The van der Waals surface area contributed by atoms with Gasteiger partial charge in [-0.05, 0) is 50.0 Å². The van der Waals surface area contributed by atoms with Gasteiger partial charge in [-0.3, -0.25) is 19.3 Å². The van der Waals surface area contributed by atoms with Crippen LogP contribution in [0, 0.1) is 11.8 Å². The number of hydrogen-bond acceptors (Lipinski definition) is 10. The van der Waals surface area contributed by atoms with E-state index in [0.717, 1.165) is 0 Å². The number of carbonyl (C=O) groups is 4. The number of urea groups is 1. The zero-order valence-corrected chi connectivity index (χ0v) is 22.1. The highest BCUT2D eigenvalue weighted by Crippen LogP contribution is 2.52. The first-order valence-electron chi connectivity index (χ1n) is 13.0. The fourth-order valence-electron chi connectivity index (χ4n) is 6.52. The van der Waals surface area contributed by atoms with Gasteiger partial charge in [-0.15, -0.1) is 0 Å². The highest BCUT2D eigenvalue weighted by atomic mass is 16.5. The van der Waals surface area contributed by atoms with Crippen LogP contribution in [0.25, 0.3) is 5.76 Å². The van der Waals surface area contributed by atoms with Crippen LogP contribution in [-0.2, 0) is 32.1 Å². The molecular formula is C27H32N4O9. The molecule has 13 heteroatoms. The van der Waals surface area contributed by atoms with Crippen LogP contribution in [0.1, 0.15) is 23.1 Å². The molecule has 1 saturated heterocycles. The molecule has 1 heterocycles. The molecule has 1 aromatic carbocycles. The summed E-state index contributed by atoms with van der Waals surface area (Å²) in [5.74, 6) is -7.04. The number of aromatic hydroxyl groups is 1. The van der Waals surface area contributed by atoms with Crippen molar-refractivity contribution in [3.63, 3.8) is 0 Å². The van der Waals surface area contributed by atoms with Crippen LogP contribution in [0.15, 0.2) is 29.0 Å². The number of fused-ring (bicyclic) bond motifs is 3. The van der Waals surface area contributed by atoms with E-state index in [2.05, 4.69) is 5.32 Å². The van der Waals surface area contributed by atoms with Gasteiger partial charge in [-0.2, -0.15) is 0 Å². The maximum Gasteiger partial charge on any atom is 0.317 e. The van der Waals surface area contributed by atoms with Gasteiger partial charge in [0.1, 0.15) is 22.8 Å². The second kappa shape index (κ2) is 9.91. The summed E-state index contributed by atoms with van der Waals surface area (Å²) in [7, 11) is 3.08. The Kier molecular flexibility index (Phi) is 6.84. The van der Waals surface area contributed by atoms with Crippen LogP contribution in [0.2, 0.25) is 0 Å². The number of carbonyl (C=O) groups excluding carboxylic acids is 4. The molecule has 1 saturated carbocycles. The third kappa shape index (κ3) is 4.03. The summed E-state index contributed by atoms with van der Waals surface area (Å²) in [5.41, 5.74) is 2.66. The molecule has 2 fully saturated rings. The number of phenols is 1. The molecule has 3 aliphatic carbocycles. The average molecular weight is 557 g/mol. The fourth-order valence-corrected chi connectivity index (χ4v) is 6.52. The first-order chi connectivity index (χ1) is 18.9. The summed E-state index contributed by atoms with van der Waals surface area (Å²) in [5, 5.41) is 47.4. The van der Waals surface area contributed by atoms with Gasteiger partial charge in [0.25, 0.3) is 5.91 Å². The summed E-state index contributed by atoms with van der Waals surface area (Å²) >= 11 is 0. The molecule has 4 atom stereocenters. The number of Topliss-reactive ketones (excluding diaryl/α,β-unsaturated/α-hetero) is 2. The molecular weight excluding hydrogens is 524 g/mol. The lowest BCUT2D eigenvalue weighted by Gasteiger charge is -2.50. The maximum absolute atomic E-state index is 13.9. The highest BCUT2D eigenvalue weighted by Gasteiger charge is 2.64. The highest BCUT2D eigenvalue weighted by molar-refractivity contribution is 6.24. The van der Waals surface area contributed by atoms with Crippen molar-refractivity contribution in [3.8, 4) is 5.75 Å². The summed E-state index contributed by atoms with van der Waals surface area (Å²) in [6, 6.07) is 1.50. The van der Waals surface area contributed by atoms with Crippen molar-refractivity contribution in [2.75, 3.05) is 40.4 Å². The van der Waals surface area contributed by atoms with Crippen LogP contribution in [-0.4, -0.2) is 106 Å². The number of amides is 3. The summed E-state index contributed by atoms with van der Waals surface area (Å²) in [6.45, 7) is 1.86. The predicted octanol–water partition coefficient (Wildman–Crippen LogP) is -0.494. The van der Waals surface area contributed by atoms with Gasteiger partial charge >= 0.3 is 6.03 Å². The number of nitrogens with one attached hydrogen (secondary N) is 1. The van der Waals surface area contributed by atoms with Crippen LogP contribution >= 0.6 is 0 Å². The molecule has 4 aliphatic rings. The Hall–Kier alpha value is -3.94. The van der Waals surface area contributed by atoms with E-state index < -0.39 is 58.0 Å². The fraction of sp³-hybridized carbons (Fsp3) is 0.481. The molecule has 214 valence electrons. The Bertz CT molecular complexity index is 1380. The first-order valence-corrected chi connectivity index (χ1v) is 13.0. The van der Waals surface area contributed by atoms with Crippen LogP contribution < -0.4 is 11.1 Å². The van der Waals surface area contributed by atoms with Crippen LogP contribution in [0.3, 0.4) is 0 Å². The van der Waals surface area contributed by atoms with Crippen molar-refractivity contribution in [1.29, 1.82) is 0 Å². The summed E-state index contributed by atoms with van der Waals surface area (Å²) in [4.78, 5) is 54.9. The molecule has 13 nitrogen and oxygen atoms in total. The van der Waals surface area contributed by atoms with E-state index in [0.29, 0.717) is 37.4 Å². The summed E-state index contributed by atoms with van der Waals surface area (Å²) in [6.07, 6.45) is 0.132. The molecule has 3 amide bonds. The molecule has 0 spiro atoms. The lowest BCUT2D eigenvalue weighted by Crippen LogP contribution is -2.65. The van der Waals surface area contributed by atoms with E-state index in [9.17, 15) is 39.6 Å². The topological polar surface area (TPSA) is 203 Å². The predicted molar refractivity (Wildman–Crippen MR) is 139 cm³/mol. The molecule has 5 rings (SSSR count). The van der Waals surface area contributed by atoms with E-state index in [1.807, 2.05) is 0 Å². The third-order valence-electron chi connectivity index (χ3n) is 8.43. The number of aliphatic hydroxyl groups excluding tert-OH is 2. The van der Waals surface area contributed by atoms with Gasteiger partial charge in [0.2, 0.25) is 5.78 Å². The van der Waals surface area contributed by atoms with Crippen LogP contribution in [0.5, 0.6) is 5.75 Å². The monoisotopic (exact) mass is 556 g/mol. The molecule has 1 aromatic rings. The number of hydrogen-bond donors (Lipinski definition) is 6. The van der Waals surface area contributed by atoms with Gasteiger partial charge in [-0.1, -0.05) is 6.07 Å². The normalized spacial score (nSPS) is 28.3. The molecule has 40 heavy (non-hydrogen) atoms. The van der Waals surface area contributed by atoms with Gasteiger partial charge in [0, 0.05) is 31.1 Å². The first kappa shape index (κ1) is 27.6. The summed E-state index contributed by atoms with van der Waals surface area (Å²) < 4.78 is 5.28. The van der Waals surface area contributed by atoms with E-state index >= 15 is 0 Å². The molecule has 0 bridgehead atoms. The van der Waals surface area contributed by atoms with Gasteiger partial charge in [0.05, 0.1) is 24.8 Å². The van der Waals surface area contributed by atoms with E-state index in [4.69, 9.17) is 10.5 Å². The number of likely N-dealkylation sites (N-methyl/N-ethyl adjacent to an activating group) is 1. The second-order valence-corrected chi connectivity index (χ2v) is 10.8. The minimum absolute atomic E-state index is 0.0129. The molecule has 0 unspecified atom stereocenters. The molecule has 7 N–H and O–H groups in total. The number of phenolic OH excluding ortho intramolecular Hbond substituents is 1. The van der Waals surface area contributed by atoms with Crippen molar-refractivity contribution in [1.82, 2.24) is 15.1 Å². The number of ether oxygens (including phenoxy) is 1. The van der Waals surface area contributed by atoms with E-state index in [-0.39, 0.29) is 42.3 Å². The Labute approximate surface area is 229 Å². The molecule has 1 aliphatic heterocycles. The lowest BCUT2D eigenvalue weighted by molar-refractivity contribution is -0.153. The maximum atomic E-state index is 13.9. The second-order valence-electron chi connectivity index (χ2n) is 10.8. The van der Waals surface area contributed by atoms with Gasteiger partial charge < -0.3 is 41.1 Å². The quantitative estimate of drug-likeness (QED) is 0.263. The SMILES string of the molecule is CN(C)[C@H]1C(=O)C(C(N)=O)=C(O)[C@@]2(O)C(=O)C3=C(O)c4c(O)ccc(CNC(=O)N5CCOCC5)c4C[C@H]3C[C@@H]12. The van der Waals surface area contributed by atoms with Crippen molar-refractivity contribution >= 4 is 29.3 Å². The Morgan fingerprint density at radius 3 is 2.48 bits per heavy atom. The number of primary amides is 1. The van der Waals surface area contributed by atoms with Gasteiger partial charge in [-0.25, -0.2) is 4.79 Å². The number of ketones is 2. The minimum atomic E-state index is -2.69. The largest absolute Gasteiger partial charge is 0.508 e. The Morgan fingerprint density at radius 2 is 1.85 bits per heavy atom. The Balaban J connectivity index is 1.56. The van der Waals surface area contributed by atoms with E-state index in [1.54, 1.807) is 25.1 Å². The third-order valence-corrected chi connectivity index (χ3v) is 8.43. The van der Waals surface area contributed by atoms with E-state index in [1.165, 1.54) is 11.0 Å². The molecule has 0 aromatic heterocycles. The lowest BCUT2D eigenvalue weighted by atomic mass is 9.57. The number of nitrogens with zero attached hydrogens (tertiary/aromatic N) is 2. The Morgan fingerprint density at radius 1 is 1.18 bits per heavy atom.